The van der Waals surface area contributed by atoms with E-state index in [0.29, 0.717) is 16.3 Å². The molecule has 0 amide bonds. The van der Waals surface area contributed by atoms with Crippen molar-refractivity contribution in [2.45, 2.75) is 6.92 Å². The van der Waals surface area contributed by atoms with E-state index < -0.39 is 5.95 Å². The average molecular weight is 226 g/mol. The van der Waals surface area contributed by atoms with Gasteiger partial charge in [-0.2, -0.15) is 9.49 Å². The highest BCUT2D eigenvalue weighted by Crippen LogP contribution is 2.29. The fourth-order valence-electron chi connectivity index (χ4n) is 1.32. The first-order chi connectivity index (χ1) is 7.11. The van der Waals surface area contributed by atoms with E-state index in [1.54, 1.807) is 23.9 Å². The number of hydrogen-bond acceptors (Lipinski definition) is 2. The van der Waals surface area contributed by atoms with Gasteiger partial charge in [0.2, 0.25) is 5.95 Å². The van der Waals surface area contributed by atoms with Crippen LogP contribution in [0.3, 0.4) is 0 Å². The van der Waals surface area contributed by atoms with Gasteiger partial charge in [0, 0.05) is 13.2 Å². The highest BCUT2D eigenvalue weighted by molar-refractivity contribution is 6.33. The lowest BCUT2D eigenvalue weighted by atomic mass is 10.2. The van der Waals surface area contributed by atoms with Gasteiger partial charge in [0.1, 0.15) is 5.69 Å². The molecule has 15 heavy (non-hydrogen) atoms. The zero-order valence-corrected chi connectivity index (χ0v) is 9.09. The standard InChI is InChI=1S/C10H9ClFN3/c1-6-8(11)9(14-15(6)2)7-4-3-5-13-10(7)12/h3-5H,1-2H3. The zero-order valence-electron chi connectivity index (χ0n) is 8.33. The second kappa shape index (κ2) is 3.62. The van der Waals surface area contributed by atoms with E-state index >= 15 is 0 Å². The first-order valence-corrected chi connectivity index (χ1v) is 4.79. The zero-order chi connectivity index (χ0) is 11.0. The Bertz CT molecular complexity index is 507. The molecule has 0 atom stereocenters. The van der Waals surface area contributed by atoms with Crippen molar-refractivity contribution in [1.29, 1.82) is 0 Å². The highest BCUT2D eigenvalue weighted by atomic mass is 35.5. The number of halogens is 2. The highest BCUT2D eigenvalue weighted by Gasteiger charge is 2.16. The van der Waals surface area contributed by atoms with Crippen molar-refractivity contribution < 1.29 is 4.39 Å². The van der Waals surface area contributed by atoms with Crippen LogP contribution in [0.2, 0.25) is 5.02 Å². The summed E-state index contributed by atoms with van der Waals surface area (Å²) in [5.41, 5.74) is 1.56. The molecule has 0 aliphatic heterocycles. The first-order valence-electron chi connectivity index (χ1n) is 4.41. The van der Waals surface area contributed by atoms with Crippen LogP contribution in [0.25, 0.3) is 11.3 Å². The molecular formula is C10H9ClFN3. The molecule has 2 heterocycles. The van der Waals surface area contributed by atoms with Gasteiger partial charge in [0.25, 0.3) is 0 Å². The van der Waals surface area contributed by atoms with Gasteiger partial charge in [-0.3, -0.25) is 4.68 Å². The largest absolute Gasteiger partial charge is 0.271 e. The average Bonchev–Trinajstić information content (AvgIpc) is 2.47. The lowest BCUT2D eigenvalue weighted by Gasteiger charge is -1.97. The molecule has 0 radical (unpaired) electrons. The van der Waals surface area contributed by atoms with Gasteiger partial charge in [0.15, 0.2) is 0 Å². The number of hydrogen-bond donors (Lipinski definition) is 0. The molecule has 2 rings (SSSR count). The third-order valence-corrected chi connectivity index (χ3v) is 2.73. The summed E-state index contributed by atoms with van der Waals surface area (Å²) in [7, 11) is 1.76. The second-order valence-corrected chi connectivity index (χ2v) is 3.59. The van der Waals surface area contributed by atoms with Crippen molar-refractivity contribution >= 4 is 11.6 Å². The maximum atomic E-state index is 13.4. The molecule has 0 saturated heterocycles. The Morgan fingerprint density at radius 1 is 1.47 bits per heavy atom. The topological polar surface area (TPSA) is 30.7 Å². The van der Waals surface area contributed by atoms with E-state index in [9.17, 15) is 4.39 Å². The van der Waals surface area contributed by atoms with Gasteiger partial charge in [-0.05, 0) is 19.1 Å². The predicted molar refractivity (Wildman–Crippen MR) is 56.1 cm³/mol. The van der Waals surface area contributed by atoms with Crippen LogP contribution in [0.5, 0.6) is 0 Å². The van der Waals surface area contributed by atoms with Gasteiger partial charge in [-0.15, -0.1) is 0 Å². The normalized spacial score (nSPS) is 10.7. The Morgan fingerprint density at radius 2 is 2.20 bits per heavy atom. The Hall–Kier alpha value is -1.42. The van der Waals surface area contributed by atoms with Crippen molar-refractivity contribution in [2.75, 3.05) is 0 Å². The van der Waals surface area contributed by atoms with E-state index in [-0.39, 0.29) is 0 Å². The maximum absolute atomic E-state index is 13.4. The molecule has 0 fully saturated rings. The smallest absolute Gasteiger partial charge is 0.222 e. The van der Waals surface area contributed by atoms with Gasteiger partial charge in [-0.1, -0.05) is 11.6 Å². The summed E-state index contributed by atoms with van der Waals surface area (Å²) in [4.78, 5) is 3.56. The summed E-state index contributed by atoms with van der Waals surface area (Å²) in [6, 6.07) is 3.26. The molecule has 2 aromatic heterocycles. The van der Waals surface area contributed by atoms with Gasteiger partial charge < -0.3 is 0 Å². The van der Waals surface area contributed by atoms with Crippen LogP contribution in [0, 0.1) is 12.9 Å². The van der Waals surface area contributed by atoms with Gasteiger partial charge in [0.05, 0.1) is 16.3 Å². The summed E-state index contributed by atoms with van der Waals surface area (Å²) in [5, 5.41) is 4.61. The minimum atomic E-state index is -0.558. The first kappa shape index (κ1) is 10.1. The number of rotatable bonds is 1. The van der Waals surface area contributed by atoms with Crippen molar-refractivity contribution in [2.24, 2.45) is 7.05 Å². The van der Waals surface area contributed by atoms with Crippen LogP contribution < -0.4 is 0 Å². The minimum absolute atomic E-state index is 0.325. The molecule has 0 saturated carbocycles. The molecule has 0 unspecified atom stereocenters. The second-order valence-electron chi connectivity index (χ2n) is 3.21. The van der Waals surface area contributed by atoms with E-state index in [1.807, 2.05) is 6.92 Å². The minimum Gasteiger partial charge on any atom is -0.271 e. The van der Waals surface area contributed by atoms with E-state index in [0.717, 1.165) is 5.69 Å². The van der Waals surface area contributed by atoms with Crippen LogP contribution >= 0.6 is 11.6 Å². The number of pyridine rings is 1. The molecule has 0 aliphatic rings. The maximum Gasteiger partial charge on any atom is 0.222 e. The summed E-state index contributed by atoms with van der Waals surface area (Å²) >= 11 is 6.04. The van der Waals surface area contributed by atoms with Crippen LogP contribution in [-0.4, -0.2) is 14.8 Å². The third-order valence-electron chi connectivity index (χ3n) is 2.28. The molecule has 0 spiro atoms. The number of aromatic nitrogens is 3. The third kappa shape index (κ3) is 1.61. The molecule has 3 nitrogen and oxygen atoms in total. The van der Waals surface area contributed by atoms with Crippen LogP contribution in [0.4, 0.5) is 4.39 Å². The predicted octanol–water partition coefficient (Wildman–Crippen LogP) is 2.58. The van der Waals surface area contributed by atoms with E-state index in [4.69, 9.17) is 11.6 Å². The fourth-order valence-corrected chi connectivity index (χ4v) is 1.58. The number of nitrogens with zero attached hydrogens (tertiary/aromatic N) is 3. The lowest BCUT2D eigenvalue weighted by molar-refractivity contribution is 0.586. The summed E-state index contributed by atoms with van der Waals surface area (Å²) in [6.45, 7) is 1.83. The van der Waals surface area contributed by atoms with Crippen molar-refractivity contribution in [3.63, 3.8) is 0 Å². The Morgan fingerprint density at radius 3 is 2.73 bits per heavy atom. The quantitative estimate of drug-likeness (QED) is 0.699. The monoisotopic (exact) mass is 225 g/mol. The van der Waals surface area contributed by atoms with Crippen LogP contribution in [0.1, 0.15) is 5.69 Å². The summed E-state index contributed by atoms with van der Waals surface area (Å²) in [6.07, 6.45) is 1.39. The molecule has 0 aliphatic carbocycles. The molecule has 0 N–H and O–H groups in total. The number of aryl methyl sites for hydroxylation is 1. The summed E-state index contributed by atoms with van der Waals surface area (Å²) < 4.78 is 15.0. The van der Waals surface area contributed by atoms with E-state index in [2.05, 4.69) is 10.1 Å². The van der Waals surface area contributed by atoms with Gasteiger partial charge >= 0.3 is 0 Å². The van der Waals surface area contributed by atoms with Crippen molar-refractivity contribution in [3.05, 3.63) is 35.0 Å². The Labute approximate surface area is 91.5 Å². The Balaban J connectivity index is 2.65. The molecule has 5 heteroatoms. The SMILES string of the molecule is Cc1c(Cl)c(-c2cccnc2F)nn1C. The lowest BCUT2D eigenvalue weighted by Crippen LogP contribution is -1.93. The molecule has 0 bridgehead atoms. The summed E-state index contributed by atoms with van der Waals surface area (Å²) in [5.74, 6) is -0.558. The molecular weight excluding hydrogens is 217 g/mol. The fraction of sp³-hybridized carbons (Fsp3) is 0.200. The van der Waals surface area contributed by atoms with Crippen molar-refractivity contribution in [1.82, 2.24) is 14.8 Å². The van der Waals surface area contributed by atoms with Gasteiger partial charge in [-0.25, -0.2) is 4.98 Å². The molecule has 0 aromatic carbocycles. The molecule has 78 valence electrons. The van der Waals surface area contributed by atoms with Crippen LogP contribution in [0.15, 0.2) is 18.3 Å². The molecule has 2 aromatic rings. The van der Waals surface area contributed by atoms with Crippen molar-refractivity contribution in [3.8, 4) is 11.3 Å². The van der Waals surface area contributed by atoms with E-state index in [1.165, 1.54) is 6.20 Å². The Kier molecular flexibility index (Phi) is 2.44. The van der Waals surface area contributed by atoms with Crippen LogP contribution in [-0.2, 0) is 7.05 Å².